The fraction of sp³-hybridized carbons (Fsp3) is 0.125. The molecule has 0 aliphatic rings. The predicted molar refractivity (Wildman–Crippen MR) is 85.8 cm³/mol. The summed E-state index contributed by atoms with van der Waals surface area (Å²) in [4.78, 5) is 11.9. The summed E-state index contributed by atoms with van der Waals surface area (Å²) < 4.78 is 5.27. The van der Waals surface area contributed by atoms with Crippen LogP contribution in [0.4, 0.5) is 0 Å². The van der Waals surface area contributed by atoms with Crippen molar-refractivity contribution in [2.45, 2.75) is 6.92 Å². The van der Waals surface area contributed by atoms with Crippen LogP contribution in [0.3, 0.4) is 0 Å². The number of hydrogen-bond acceptors (Lipinski definition) is 4. The summed E-state index contributed by atoms with van der Waals surface area (Å²) >= 11 is 5.82. The molecular formula is C16H15ClN2O3. The molecule has 0 aliphatic heterocycles. The number of carbonyl (C=O) groups is 1. The molecule has 0 heterocycles. The quantitative estimate of drug-likeness (QED) is 0.657. The molecule has 114 valence electrons. The maximum atomic E-state index is 11.9. The van der Waals surface area contributed by atoms with E-state index in [1.165, 1.54) is 6.21 Å². The SMILES string of the molecule is CCOc1cccc(/C=N/NC(=O)c2cccc(Cl)c2)c1O. The van der Waals surface area contributed by atoms with E-state index in [1.54, 1.807) is 42.5 Å². The number of nitrogens with zero attached hydrogens (tertiary/aromatic N) is 1. The second-order valence-electron chi connectivity index (χ2n) is 4.34. The molecule has 0 fully saturated rings. The van der Waals surface area contributed by atoms with Gasteiger partial charge in [-0.2, -0.15) is 5.10 Å². The number of rotatable bonds is 5. The van der Waals surface area contributed by atoms with Crippen molar-refractivity contribution in [3.8, 4) is 11.5 Å². The first kappa shape index (κ1) is 15.9. The van der Waals surface area contributed by atoms with E-state index in [1.807, 2.05) is 6.92 Å². The van der Waals surface area contributed by atoms with Gasteiger partial charge in [0, 0.05) is 16.1 Å². The fourth-order valence-electron chi connectivity index (χ4n) is 1.77. The van der Waals surface area contributed by atoms with E-state index in [-0.39, 0.29) is 11.7 Å². The molecule has 0 bridgehead atoms. The number of phenolic OH excluding ortho intramolecular Hbond substituents is 1. The number of amides is 1. The van der Waals surface area contributed by atoms with Gasteiger partial charge in [0.25, 0.3) is 5.91 Å². The third-order valence-electron chi connectivity index (χ3n) is 2.79. The van der Waals surface area contributed by atoms with Crippen molar-refractivity contribution in [3.63, 3.8) is 0 Å². The molecule has 2 aromatic rings. The van der Waals surface area contributed by atoms with Gasteiger partial charge in [0.2, 0.25) is 0 Å². The highest BCUT2D eigenvalue weighted by atomic mass is 35.5. The minimum Gasteiger partial charge on any atom is -0.504 e. The number of ether oxygens (including phenoxy) is 1. The number of halogens is 1. The van der Waals surface area contributed by atoms with Gasteiger partial charge in [-0.15, -0.1) is 0 Å². The summed E-state index contributed by atoms with van der Waals surface area (Å²) in [5, 5.41) is 14.3. The van der Waals surface area contributed by atoms with E-state index in [2.05, 4.69) is 10.5 Å². The summed E-state index contributed by atoms with van der Waals surface area (Å²) in [7, 11) is 0. The van der Waals surface area contributed by atoms with Crippen LogP contribution in [0.25, 0.3) is 0 Å². The van der Waals surface area contributed by atoms with Gasteiger partial charge in [-0.3, -0.25) is 4.79 Å². The van der Waals surface area contributed by atoms with Crippen LogP contribution >= 0.6 is 11.6 Å². The molecule has 1 amide bonds. The van der Waals surface area contributed by atoms with Crippen LogP contribution in [0.15, 0.2) is 47.6 Å². The highest BCUT2D eigenvalue weighted by Crippen LogP contribution is 2.28. The number of nitrogens with one attached hydrogen (secondary N) is 1. The van der Waals surface area contributed by atoms with E-state index in [0.717, 1.165) is 0 Å². The van der Waals surface area contributed by atoms with Crippen molar-refractivity contribution in [1.82, 2.24) is 5.43 Å². The predicted octanol–water partition coefficient (Wildman–Crippen LogP) is 3.21. The standard InChI is InChI=1S/C16H15ClN2O3/c1-2-22-14-8-4-6-12(15(14)20)10-18-19-16(21)11-5-3-7-13(17)9-11/h3-10,20H,2H2,1H3,(H,19,21)/b18-10+. The van der Waals surface area contributed by atoms with Gasteiger partial charge < -0.3 is 9.84 Å². The molecule has 0 saturated heterocycles. The summed E-state index contributed by atoms with van der Waals surface area (Å²) in [6.45, 7) is 2.27. The Morgan fingerprint density at radius 1 is 1.36 bits per heavy atom. The molecule has 0 aromatic heterocycles. The van der Waals surface area contributed by atoms with Crippen molar-refractivity contribution in [1.29, 1.82) is 0 Å². The lowest BCUT2D eigenvalue weighted by Gasteiger charge is -2.07. The zero-order valence-electron chi connectivity index (χ0n) is 11.9. The Morgan fingerprint density at radius 3 is 2.86 bits per heavy atom. The Labute approximate surface area is 133 Å². The van der Waals surface area contributed by atoms with Gasteiger partial charge in [0.05, 0.1) is 12.8 Å². The third kappa shape index (κ3) is 3.99. The van der Waals surface area contributed by atoms with Gasteiger partial charge >= 0.3 is 0 Å². The molecule has 2 N–H and O–H groups in total. The fourth-order valence-corrected chi connectivity index (χ4v) is 1.96. The minimum absolute atomic E-state index is 0.0231. The van der Waals surface area contributed by atoms with Crippen LogP contribution in [-0.2, 0) is 0 Å². The second kappa shape index (κ2) is 7.47. The lowest BCUT2D eigenvalue weighted by atomic mass is 10.2. The zero-order valence-corrected chi connectivity index (χ0v) is 12.7. The molecule has 0 saturated carbocycles. The van der Waals surface area contributed by atoms with Crippen LogP contribution in [0.2, 0.25) is 5.02 Å². The average Bonchev–Trinajstić information content (AvgIpc) is 2.51. The number of aromatic hydroxyl groups is 1. The van der Waals surface area contributed by atoms with Crippen molar-refractivity contribution in [2.24, 2.45) is 5.10 Å². The Bertz CT molecular complexity index is 702. The summed E-state index contributed by atoms with van der Waals surface area (Å²) in [6.07, 6.45) is 1.35. The lowest BCUT2D eigenvalue weighted by Crippen LogP contribution is -2.17. The smallest absolute Gasteiger partial charge is 0.271 e. The first-order valence-corrected chi connectivity index (χ1v) is 7.03. The van der Waals surface area contributed by atoms with E-state index in [9.17, 15) is 9.90 Å². The molecule has 0 radical (unpaired) electrons. The van der Waals surface area contributed by atoms with E-state index in [4.69, 9.17) is 16.3 Å². The summed E-state index contributed by atoms with van der Waals surface area (Å²) in [5.74, 6) is -0.0445. The molecule has 0 spiro atoms. The van der Waals surface area contributed by atoms with Crippen LogP contribution in [0, 0.1) is 0 Å². The first-order valence-electron chi connectivity index (χ1n) is 6.65. The molecule has 2 rings (SSSR count). The maximum Gasteiger partial charge on any atom is 0.271 e. The molecule has 0 atom stereocenters. The van der Waals surface area contributed by atoms with Crippen molar-refractivity contribution in [2.75, 3.05) is 6.61 Å². The molecular weight excluding hydrogens is 304 g/mol. The Balaban J connectivity index is 2.07. The molecule has 22 heavy (non-hydrogen) atoms. The summed E-state index contributed by atoms with van der Waals surface area (Å²) in [5.41, 5.74) is 3.22. The van der Waals surface area contributed by atoms with E-state index >= 15 is 0 Å². The number of carbonyl (C=O) groups excluding carboxylic acids is 1. The second-order valence-corrected chi connectivity index (χ2v) is 4.77. The average molecular weight is 319 g/mol. The van der Waals surface area contributed by atoms with Gasteiger partial charge in [-0.05, 0) is 37.3 Å². The first-order chi connectivity index (χ1) is 10.6. The van der Waals surface area contributed by atoms with Gasteiger partial charge in [0.1, 0.15) is 0 Å². The summed E-state index contributed by atoms with van der Waals surface area (Å²) in [6, 6.07) is 11.6. The van der Waals surface area contributed by atoms with Crippen LogP contribution < -0.4 is 10.2 Å². The topological polar surface area (TPSA) is 70.9 Å². The Morgan fingerprint density at radius 2 is 2.14 bits per heavy atom. The number of hydrazone groups is 1. The number of hydrogen-bond donors (Lipinski definition) is 2. The Kier molecular flexibility index (Phi) is 5.38. The van der Waals surface area contributed by atoms with Crippen LogP contribution in [0.5, 0.6) is 11.5 Å². The zero-order chi connectivity index (χ0) is 15.9. The minimum atomic E-state index is -0.390. The molecule has 5 nitrogen and oxygen atoms in total. The monoisotopic (exact) mass is 318 g/mol. The van der Waals surface area contributed by atoms with E-state index < -0.39 is 0 Å². The molecule has 6 heteroatoms. The normalized spacial score (nSPS) is 10.6. The van der Waals surface area contributed by atoms with Crippen LogP contribution in [0.1, 0.15) is 22.8 Å². The highest BCUT2D eigenvalue weighted by Gasteiger charge is 2.07. The number of benzene rings is 2. The number of phenols is 1. The van der Waals surface area contributed by atoms with E-state index in [0.29, 0.717) is 28.5 Å². The van der Waals surface area contributed by atoms with Gasteiger partial charge in [0.15, 0.2) is 11.5 Å². The largest absolute Gasteiger partial charge is 0.504 e. The van der Waals surface area contributed by atoms with Crippen LogP contribution in [-0.4, -0.2) is 23.8 Å². The van der Waals surface area contributed by atoms with Gasteiger partial charge in [-0.25, -0.2) is 5.43 Å². The molecule has 0 aliphatic carbocycles. The third-order valence-corrected chi connectivity index (χ3v) is 3.02. The molecule has 2 aromatic carbocycles. The van der Waals surface area contributed by atoms with Crippen molar-refractivity contribution >= 4 is 23.7 Å². The van der Waals surface area contributed by atoms with Crippen molar-refractivity contribution < 1.29 is 14.6 Å². The van der Waals surface area contributed by atoms with Crippen molar-refractivity contribution in [3.05, 3.63) is 58.6 Å². The van der Waals surface area contributed by atoms with Gasteiger partial charge in [-0.1, -0.05) is 23.7 Å². The maximum absolute atomic E-state index is 11.9. The highest BCUT2D eigenvalue weighted by molar-refractivity contribution is 6.30. The lowest BCUT2D eigenvalue weighted by molar-refractivity contribution is 0.0955. The number of para-hydroxylation sites is 1. The molecule has 0 unspecified atom stereocenters. The Hall–Kier alpha value is -2.53.